The zero-order valence-corrected chi connectivity index (χ0v) is 11.6. The zero-order chi connectivity index (χ0) is 13.0. The van der Waals surface area contributed by atoms with Gasteiger partial charge in [0.2, 0.25) is 5.91 Å². The lowest BCUT2D eigenvalue weighted by Gasteiger charge is -2.36. The summed E-state index contributed by atoms with van der Waals surface area (Å²) in [6, 6.07) is 1.29. The van der Waals surface area contributed by atoms with E-state index in [0.29, 0.717) is 12.1 Å². The van der Waals surface area contributed by atoms with Crippen LogP contribution in [0, 0.1) is 0 Å². The number of carbonyl (C=O) groups excluding carboxylic acids is 1. The minimum absolute atomic E-state index is 0.163. The van der Waals surface area contributed by atoms with Gasteiger partial charge in [-0.1, -0.05) is 6.08 Å². The highest BCUT2D eigenvalue weighted by Crippen LogP contribution is 2.17. The van der Waals surface area contributed by atoms with E-state index >= 15 is 0 Å². The summed E-state index contributed by atoms with van der Waals surface area (Å²) in [5.41, 5.74) is 0. The van der Waals surface area contributed by atoms with Crippen molar-refractivity contribution >= 4 is 5.91 Å². The fourth-order valence-corrected chi connectivity index (χ4v) is 2.25. The van der Waals surface area contributed by atoms with Crippen LogP contribution in [0.15, 0.2) is 12.2 Å². The Morgan fingerprint density at radius 2 is 1.94 bits per heavy atom. The van der Waals surface area contributed by atoms with E-state index in [0.717, 1.165) is 32.7 Å². The van der Waals surface area contributed by atoms with Crippen LogP contribution in [0.5, 0.6) is 0 Å². The van der Waals surface area contributed by atoms with Crippen molar-refractivity contribution in [1.29, 1.82) is 0 Å². The number of nitrogens with zero attached hydrogens (tertiary/aromatic N) is 2. The number of rotatable bonds is 5. The number of carbonyl (C=O) groups is 1. The second kappa shape index (κ2) is 6.34. The lowest BCUT2D eigenvalue weighted by molar-refractivity contribution is -0.128. The van der Waals surface area contributed by atoms with E-state index in [9.17, 15) is 4.79 Å². The maximum atomic E-state index is 11.9. The summed E-state index contributed by atoms with van der Waals surface area (Å²) in [7, 11) is 0. The van der Waals surface area contributed by atoms with Gasteiger partial charge in [-0.25, -0.2) is 0 Å². The number of hydrogen-bond donors (Lipinski definition) is 1. The van der Waals surface area contributed by atoms with Crippen molar-refractivity contribution in [2.75, 3.05) is 32.7 Å². The molecule has 0 bridgehead atoms. The van der Waals surface area contributed by atoms with Crippen molar-refractivity contribution in [2.24, 2.45) is 0 Å². The van der Waals surface area contributed by atoms with Crippen molar-refractivity contribution in [3.05, 3.63) is 12.2 Å². The predicted molar refractivity (Wildman–Crippen MR) is 73.5 cm³/mol. The van der Waals surface area contributed by atoms with Gasteiger partial charge in [0, 0.05) is 50.9 Å². The molecule has 4 heteroatoms. The van der Waals surface area contributed by atoms with Gasteiger partial charge in [0.25, 0.3) is 0 Å². The van der Waals surface area contributed by atoms with Gasteiger partial charge in [-0.3, -0.25) is 9.69 Å². The van der Waals surface area contributed by atoms with Crippen LogP contribution in [-0.2, 0) is 4.79 Å². The van der Waals surface area contributed by atoms with E-state index in [2.05, 4.69) is 24.1 Å². The van der Waals surface area contributed by atoms with Crippen LogP contribution in [0.2, 0.25) is 0 Å². The number of hydrogen-bond acceptors (Lipinski definition) is 3. The summed E-state index contributed by atoms with van der Waals surface area (Å²) in [4.78, 5) is 16.3. The Hall–Kier alpha value is -0.870. The first-order valence-electron chi connectivity index (χ1n) is 7.09. The highest BCUT2D eigenvalue weighted by molar-refractivity contribution is 5.87. The van der Waals surface area contributed by atoms with Crippen LogP contribution >= 0.6 is 0 Å². The van der Waals surface area contributed by atoms with E-state index in [1.807, 2.05) is 11.0 Å². The molecule has 4 nitrogen and oxygen atoms in total. The van der Waals surface area contributed by atoms with Gasteiger partial charge in [0.15, 0.2) is 0 Å². The first-order valence-corrected chi connectivity index (χ1v) is 7.09. The smallest absolute Gasteiger partial charge is 0.246 e. The van der Waals surface area contributed by atoms with Crippen LogP contribution in [0.4, 0.5) is 0 Å². The minimum atomic E-state index is 0.163. The van der Waals surface area contributed by atoms with Crippen LogP contribution < -0.4 is 5.32 Å². The number of amides is 1. The van der Waals surface area contributed by atoms with Crippen LogP contribution in [0.1, 0.15) is 26.7 Å². The Bertz CT molecular complexity index is 302. The molecular formula is C14H25N3O. The molecule has 1 heterocycles. The Labute approximate surface area is 110 Å². The van der Waals surface area contributed by atoms with Gasteiger partial charge in [-0.2, -0.15) is 0 Å². The fraction of sp³-hybridized carbons (Fsp3) is 0.786. The fourth-order valence-electron chi connectivity index (χ4n) is 2.25. The van der Waals surface area contributed by atoms with Crippen molar-refractivity contribution in [1.82, 2.24) is 15.1 Å². The molecule has 0 aromatic rings. The molecule has 2 aliphatic rings. The van der Waals surface area contributed by atoms with E-state index in [4.69, 9.17) is 0 Å². The quantitative estimate of drug-likeness (QED) is 0.736. The molecule has 1 aliphatic heterocycles. The van der Waals surface area contributed by atoms with E-state index in [1.165, 1.54) is 12.8 Å². The minimum Gasteiger partial charge on any atom is -0.337 e. The summed E-state index contributed by atoms with van der Waals surface area (Å²) >= 11 is 0. The Kier molecular flexibility index (Phi) is 4.78. The molecule has 0 radical (unpaired) electrons. The van der Waals surface area contributed by atoms with Crippen LogP contribution in [0.25, 0.3) is 0 Å². The first kappa shape index (κ1) is 13.6. The van der Waals surface area contributed by atoms with Gasteiger partial charge in [0.05, 0.1) is 0 Å². The molecule has 1 amide bonds. The third-order valence-electron chi connectivity index (χ3n) is 3.72. The van der Waals surface area contributed by atoms with Gasteiger partial charge < -0.3 is 10.2 Å². The Morgan fingerprint density at radius 1 is 1.28 bits per heavy atom. The van der Waals surface area contributed by atoms with Gasteiger partial charge in [-0.05, 0) is 26.7 Å². The highest BCUT2D eigenvalue weighted by atomic mass is 16.2. The summed E-state index contributed by atoms with van der Waals surface area (Å²) in [6.07, 6.45) is 6.26. The molecule has 2 rings (SSSR count). The zero-order valence-electron chi connectivity index (χ0n) is 11.6. The Balaban J connectivity index is 1.66. The van der Waals surface area contributed by atoms with Crippen molar-refractivity contribution < 1.29 is 4.79 Å². The molecule has 1 N–H and O–H groups in total. The second-order valence-corrected chi connectivity index (χ2v) is 5.54. The lowest BCUT2D eigenvalue weighted by atomic mass is 10.2. The molecule has 1 saturated heterocycles. The molecular weight excluding hydrogens is 226 g/mol. The molecule has 1 saturated carbocycles. The third kappa shape index (κ3) is 4.10. The lowest BCUT2D eigenvalue weighted by Crippen LogP contribution is -2.50. The van der Waals surface area contributed by atoms with Crippen molar-refractivity contribution in [3.8, 4) is 0 Å². The predicted octanol–water partition coefficient (Wildman–Crippen LogP) is 0.847. The van der Waals surface area contributed by atoms with Gasteiger partial charge in [-0.15, -0.1) is 0 Å². The van der Waals surface area contributed by atoms with Crippen LogP contribution in [0.3, 0.4) is 0 Å². The van der Waals surface area contributed by atoms with Crippen LogP contribution in [-0.4, -0.2) is 60.5 Å². The van der Waals surface area contributed by atoms with Gasteiger partial charge >= 0.3 is 0 Å². The summed E-state index contributed by atoms with van der Waals surface area (Å²) in [5, 5.41) is 3.37. The molecule has 1 aliphatic carbocycles. The largest absolute Gasteiger partial charge is 0.337 e. The topological polar surface area (TPSA) is 35.6 Å². The number of nitrogens with one attached hydrogen (secondary N) is 1. The molecule has 0 atom stereocenters. The van der Waals surface area contributed by atoms with E-state index in [-0.39, 0.29) is 5.91 Å². The van der Waals surface area contributed by atoms with Gasteiger partial charge in [0.1, 0.15) is 0 Å². The molecule has 2 fully saturated rings. The molecule has 18 heavy (non-hydrogen) atoms. The summed E-state index contributed by atoms with van der Waals surface area (Å²) in [6.45, 7) is 8.95. The maximum Gasteiger partial charge on any atom is 0.246 e. The first-order chi connectivity index (χ1) is 8.66. The summed E-state index contributed by atoms with van der Waals surface area (Å²) in [5.74, 6) is 0.163. The van der Waals surface area contributed by atoms with E-state index < -0.39 is 0 Å². The van der Waals surface area contributed by atoms with E-state index in [1.54, 1.807) is 6.08 Å². The average Bonchev–Trinajstić information content (AvgIpc) is 3.18. The van der Waals surface area contributed by atoms with Crippen molar-refractivity contribution in [3.63, 3.8) is 0 Å². The molecule has 0 aromatic carbocycles. The highest BCUT2D eigenvalue weighted by Gasteiger charge is 2.21. The third-order valence-corrected chi connectivity index (χ3v) is 3.72. The molecule has 0 spiro atoms. The molecule has 0 unspecified atom stereocenters. The molecule has 102 valence electrons. The monoisotopic (exact) mass is 251 g/mol. The van der Waals surface area contributed by atoms with Crippen molar-refractivity contribution in [2.45, 2.75) is 38.8 Å². The SMILES string of the molecule is CC(C)N1CCN(C(=O)/C=C/CNC2CC2)CC1. The summed E-state index contributed by atoms with van der Waals surface area (Å²) < 4.78 is 0. The second-order valence-electron chi connectivity index (χ2n) is 5.54. The maximum absolute atomic E-state index is 11.9. The molecule has 0 aromatic heterocycles. The average molecular weight is 251 g/mol. The standard InChI is InChI=1S/C14H25N3O/c1-12(2)16-8-10-17(11-9-16)14(18)4-3-7-15-13-5-6-13/h3-4,12-13,15H,5-11H2,1-2H3/b4-3+. The Morgan fingerprint density at radius 3 is 2.50 bits per heavy atom. The normalized spacial score (nSPS) is 22.1. The number of piperazine rings is 1.